The van der Waals surface area contributed by atoms with Crippen molar-refractivity contribution in [3.63, 3.8) is 0 Å². The first-order chi connectivity index (χ1) is 9.36. The number of fused-ring (bicyclic) bond motifs is 2. The van der Waals surface area contributed by atoms with Gasteiger partial charge in [0.1, 0.15) is 5.75 Å². The van der Waals surface area contributed by atoms with E-state index in [4.69, 9.17) is 14.2 Å². The van der Waals surface area contributed by atoms with Gasteiger partial charge in [-0.25, -0.2) is 0 Å². The Morgan fingerprint density at radius 3 is 2.58 bits per heavy atom. The molecule has 102 valence electrons. The molecule has 1 saturated heterocycles. The average molecular weight is 263 g/mol. The van der Waals surface area contributed by atoms with E-state index in [1.165, 1.54) is 0 Å². The van der Waals surface area contributed by atoms with Crippen LogP contribution in [0.3, 0.4) is 0 Å². The number of nitrogens with one attached hydrogen (secondary N) is 1. The van der Waals surface area contributed by atoms with Gasteiger partial charge in [0.2, 0.25) is 0 Å². The van der Waals surface area contributed by atoms with E-state index in [2.05, 4.69) is 5.32 Å². The third kappa shape index (κ3) is 1.61. The van der Waals surface area contributed by atoms with Gasteiger partial charge < -0.3 is 24.6 Å². The second kappa shape index (κ2) is 4.28. The molecule has 3 heterocycles. The van der Waals surface area contributed by atoms with Crippen LogP contribution in [0.4, 0.5) is 0 Å². The van der Waals surface area contributed by atoms with Gasteiger partial charge in [-0.2, -0.15) is 0 Å². The maximum Gasteiger partial charge on any atom is 0.165 e. The third-order valence-corrected chi connectivity index (χ3v) is 4.07. The Labute approximate surface area is 111 Å². The second-order valence-corrected chi connectivity index (χ2v) is 5.14. The first kappa shape index (κ1) is 11.4. The molecule has 3 aliphatic heterocycles. The Bertz CT molecular complexity index is 488. The van der Waals surface area contributed by atoms with E-state index in [-0.39, 0.29) is 11.9 Å². The Hall–Kier alpha value is -1.46. The molecule has 1 aromatic rings. The lowest BCUT2D eigenvalue weighted by Gasteiger charge is -2.27. The summed E-state index contributed by atoms with van der Waals surface area (Å²) in [6.07, 6.45) is 1.55. The minimum absolute atomic E-state index is 0.00310. The van der Waals surface area contributed by atoms with Crippen molar-refractivity contribution in [3.05, 3.63) is 16.7 Å². The van der Waals surface area contributed by atoms with Gasteiger partial charge in [-0.3, -0.25) is 0 Å². The van der Waals surface area contributed by atoms with Crippen LogP contribution in [0.25, 0.3) is 0 Å². The van der Waals surface area contributed by atoms with Gasteiger partial charge in [0, 0.05) is 42.6 Å². The molecule has 3 aliphatic rings. The Kier molecular flexibility index (Phi) is 2.56. The highest BCUT2D eigenvalue weighted by molar-refractivity contribution is 5.65. The van der Waals surface area contributed by atoms with Crippen LogP contribution in [0.5, 0.6) is 17.2 Å². The molecule has 0 spiro atoms. The van der Waals surface area contributed by atoms with Crippen LogP contribution in [0.1, 0.15) is 22.8 Å². The van der Waals surface area contributed by atoms with Crippen molar-refractivity contribution < 1.29 is 19.3 Å². The zero-order chi connectivity index (χ0) is 12.8. The standard InChI is InChI=1S/C14H17NO4/c16-12-9-2-5-18-13(9)11(8-1-4-19-14(8)12)10-7-15-3-6-17-10/h10,15-16H,1-7H2. The van der Waals surface area contributed by atoms with Crippen molar-refractivity contribution in [1.82, 2.24) is 5.32 Å². The van der Waals surface area contributed by atoms with E-state index in [1.54, 1.807) is 0 Å². The molecule has 0 aromatic heterocycles. The van der Waals surface area contributed by atoms with E-state index < -0.39 is 0 Å². The summed E-state index contributed by atoms with van der Waals surface area (Å²) in [7, 11) is 0. The van der Waals surface area contributed by atoms with E-state index in [9.17, 15) is 5.11 Å². The quantitative estimate of drug-likeness (QED) is 0.789. The number of hydrogen-bond donors (Lipinski definition) is 2. The molecule has 5 nitrogen and oxygen atoms in total. The van der Waals surface area contributed by atoms with Gasteiger partial charge in [-0.1, -0.05) is 0 Å². The molecule has 1 fully saturated rings. The van der Waals surface area contributed by atoms with Crippen molar-refractivity contribution in [2.75, 3.05) is 32.9 Å². The fourth-order valence-corrected chi connectivity index (χ4v) is 3.21. The number of hydrogen-bond acceptors (Lipinski definition) is 5. The lowest BCUT2D eigenvalue weighted by atomic mass is 9.94. The molecule has 0 saturated carbocycles. The smallest absolute Gasteiger partial charge is 0.165 e. The maximum atomic E-state index is 10.3. The van der Waals surface area contributed by atoms with Crippen LogP contribution < -0.4 is 14.8 Å². The van der Waals surface area contributed by atoms with Crippen molar-refractivity contribution in [2.45, 2.75) is 18.9 Å². The van der Waals surface area contributed by atoms with E-state index in [1.807, 2.05) is 0 Å². The molecular weight excluding hydrogens is 246 g/mol. The third-order valence-electron chi connectivity index (χ3n) is 4.07. The molecule has 1 aromatic carbocycles. The molecule has 0 aliphatic carbocycles. The first-order valence-electron chi connectivity index (χ1n) is 6.84. The fraction of sp³-hybridized carbons (Fsp3) is 0.571. The number of morpholine rings is 1. The normalized spacial score (nSPS) is 24.5. The van der Waals surface area contributed by atoms with Crippen molar-refractivity contribution in [1.29, 1.82) is 0 Å². The van der Waals surface area contributed by atoms with Crippen LogP contribution in [-0.2, 0) is 17.6 Å². The highest BCUT2D eigenvalue weighted by Crippen LogP contribution is 2.50. The average Bonchev–Trinajstić information content (AvgIpc) is 3.09. The predicted molar refractivity (Wildman–Crippen MR) is 68.1 cm³/mol. The summed E-state index contributed by atoms with van der Waals surface area (Å²) < 4.78 is 17.2. The van der Waals surface area contributed by atoms with Gasteiger partial charge in [0.15, 0.2) is 11.5 Å². The lowest BCUT2D eigenvalue weighted by Crippen LogP contribution is -2.34. The minimum Gasteiger partial charge on any atom is -0.504 e. The lowest BCUT2D eigenvalue weighted by molar-refractivity contribution is 0.0257. The topological polar surface area (TPSA) is 60.0 Å². The van der Waals surface area contributed by atoms with Gasteiger partial charge >= 0.3 is 0 Å². The highest BCUT2D eigenvalue weighted by atomic mass is 16.5. The minimum atomic E-state index is -0.00310. The highest BCUT2D eigenvalue weighted by Gasteiger charge is 2.35. The number of benzene rings is 1. The van der Waals surface area contributed by atoms with Crippen LogP contribution in [0.2, 0.25) is 0 Å². The van der Waals surface area contributed by atoms with Crippen molar-refractivity contribution in [2.24, 2.45) is 0 Å². The maximum absolute atomic E-state index is 10.3. The predicted octanol–water partition coefficient (Wildman–Crippen LogP) is 0.923. The second-order valence-electron chi connectivity index (χ2n) is 5.14. The molecule has 0 bridgehead atoms. The summed E-state index contributed by atoms with van der Waals surface area (Å²) in [6.45, 7) is 3.62. The summed E-state index contributed by atoms with van der Waals surface area (Å²) >= 11 is 0. The zero-order valence-corrected chi connectivity index (χ0v) is 10.7. The number of rotatable bonds is 1. The molecule has 4 rings (SSSR count). The van der Waals surface area contributed by atoms with Gasteiger partial charge in [-0.05, 0) is 0 Å². The number of aromatic hydroxyl groups is 1. The van der Waals surface area contributed by atoms with Crippen LogP contribution in [-0.4, -0.2) is 38.0 Å². The Morgan fingerprint density at radius 1 is 1.00 bits per heavy atom. The molecule has 19 heavy (non-hydrogen) atoms. The Morgan fingerprint density at radius 2 is 1.79 bits per heavy atom. The van der Waals surface area contributed by atoms with E-state index in [0.29, 0.717) is 25.6 Å². The van der Waals surface area contributed by atoms with Gasteiger partial charge in [-0.15, -0.1) is 0 Å². The summed E-state index contributed by atoms with van der Waals surface area (Å²) in [5.41, 5.74) is 3.03. The largest absolute Gasteiger partial charge is 0.504 e. The molecule has 2 N–H and O–H groups in total. The summed E-state index contributed by atoms with van der Waals surface area (Å²) in [4.78, 5) is 0. The first-order valence-corrected chi connectivity index (χ1v) is 6.84. The molecule has 0 amide bonds. The SMILES string of the molecule is Oc1c2c(c(C3CNCCO3)c3c1OCC3)OCC2. The monoisotopic (exact) mass is 263 g/mol. The Balaban J connectivity index is 1.89. The molecular formula is C14H17NO4. The number of phenolic OH excluding ortho intramolecular Hbond substituents is 1. The fourth-order valence-electron chi connectivity index (χ4n) is 3.21. The van der Waals surface area contributed by atoms with Crippen LogP contribution >= 0.6 is 0 Å². The van der Waals surface area contributed by atoms with Crippen LogP contribution in [0, 0.1) is 0 Å². The van der Waals surface area contributed by atoms with Crippen molar-refractivity contribution >= 4 is 0 Å². The summed E-state index contributed by atoms with van der Waals surface area (Å²) in [5, 5.41) is 13.6. The van der Waals surface area contributed by atoms with Gasteiger partial charge in [0.05, 0.1) is 25.9 Å². The van der Waals surface area contributed by atoms with Crippen molar-refractivity contribution in [3.8, 4) is 17.2 Å². The summed E-state index contributed by atoms with van der Waals surface area (Å²) in [5.74, 6) is 1.75. The van der Waals surface area contributed by atoms with Gasteiger partial charge in [0.25, 0.3) is 0 Å². The molecule has 0 radical (unpaired) electrons. The number of phenols is 1. The molecule has 1 unspecified atom stereocenters. The zero-order valence-electron chi connectivity index (χ0n) is 10.7. The summed E-state index contributed by atoms with van der Waals surface area (Å²) in [6, 6.07) is 0. The van der Waals surface area contributed by atoms with E-state index >= 15 is 0 Å². The molecule has 1 atom stereocenters. The van der Waals surface area contributed by atoms with Crippen LogP contribution in [0.15, 0.2) is 0 Å². The molecule has 5 heteroatoms. The number of ether oxygens (including phenoxy) is 3. The van der Waals surface area contributed by atoms with E-state index in [0.717, 1.165) is 48.4 Å².